The number of benzene rings is 1. The number of ether oxygens (including phenoxy) is 1. The normalized spacial score (nSPS) is 11.7. The first-order valence-corrected chi connectivity index (χ1v) is 8.77. The van der Waals surface area contributed by atoms with E-state index in [2.05, 4.69) is 5.32 Å². The summed E-state index contributed by atoms with van der Waals surface area (Å²) in [5.74, 6) is 0.299. The fourth-order valence-electron chi connectivity index (χ4n) is 1.92. The van der Waals surface area contributed by atoms with E-state index in [1.54, 1.807) is 19.1 Å². The number of carbonyl (C=O) groups excluding carboxylic acids is 1. The Hall–Kier alpha value is -1.60. The van der Waals surface area contributed by atoms with Gasteiger partial charge in [-0.15, -0.1) is 0 Å². The van der Waals surface area contributed by atoms with Gasteiger partial charge in [0.05, 0.1) is 18.0 Å². The minimum atomic E-state index is -3.70. The first kappa shape index (κ1) is 18.4. The Morgan fingerprint density at radius 2 is 1.82 bits per heavy atom. The van der Waals surface area contributed by atoms with Crippen molar-refractivity contribution in [3.05, 3.63) is 24.3 Å². The van der Waals surface area contributed by atoms with Crippen LogP contribution in [0.5, 0.6) is 5.75 Å². The van der Waals surface area contributed by atoms with Crippen LogP contribution >= 0.6 is 0 Å². The lowest BCUT2D eigenvalue weighted by Crippen LogP contribution is -2.42. The lowest BCUT2D eigenvalue weighted by molar-refractivity contribution is -0.121. The van der Waals surface area contributed by atoms with Gasteiger partial charge in [-0.1, -0.05) is 6.92 Å². The van der Waals surface area contributed by atoms with E-state index in [1.165, 1.54) is 12.1 Å². The second-order valence-corrected chi connectivity index (χ2v) is 7.00. The summed E-state index contributed by atoms with van der Waals surface area (Å²) in [6, 6.07) is 6.17. The summed E-state index contributed by atoms with van der Waals surface area (Å²) >= 11 is 0. The second kappa shape index (κ2) is 8.14. The second-order valence-electron chi connectivity index (χ2n) is 5.06. The third-order valence-electron chi connectivity index (χ3n) is 2.89. The first-order valence-electron chi connectivity index (χ1n) is 7.33. The molecule has 0 bridgehead atoms. The van der Waals surface area contributed by atoms with Gasteiger partial charge in [-0.3, -0.25) is 4.79 Å². The molecule has 7 heteroatoms. The number of nitrogens with one attached hydrogen (secondary N) is 1. The molecule has 1 aromatic rings. The van der Waals surface area contributed by atoms with Crippen LogP contribution in [0, 0.1) is 0 Å². The highest BCUT2D eigenvalue weighted by molar-refractivity contribution is 7.89. The van der Waals surface area contributed by atoms with Crippen molar-refractivity contribution in [1.29, 1.82) is 0 Å². The van der Waals surface area contributed by atoms with E-state index < -0.39 is 10.0 Å². The molecule has 1 N–H and O–H groups in total. The predicted octanol–water partition coefficient (Wildman–Crippen LogP) is 1.62. The van der Waals surface area contributed by atoms with Crippen LogP contribution in [0.25, 0.3) is 0 Å². The maximum absolute atomic E-state index is 12.6. The van der Waals surface area contributed by atoms with Crippen molar-refractivity contribution in [2.75, 3.05) is 19.7 Å². The number of hydrogen-bond donors (Lipinski definition) is 1. The summed E-state index contributed by atoms with van der Waals surface area (Å²) in [6.07, 6.45) is 0. The molecule has 0 saturated carbocycles. The van der Waals surface area contributed by atoms with E-state index in [9.17, 15) is 13.2 Å². The molecule has 0 spiro atoms. The molecule has 22 heavy (non-hydrogen) atoms. The SMILES string of the molecule is CCOc1ccc(S(=O)(=O)N(CC)CC(=O)NC(C)C)cc1. The molecule has 124 valence electrons. The van der Waals surface area contributed by atoms with Crippen LogP contribution in [0.3, 0.4) is 0 Å². The number of hydrogen-bond acceptors (Lipinski definition) is 4. The third-order valence-corrected chi connectivity index (χ3v) is 4.83. The van der Waals surface area contributed by atoms with Crippen LogP contribution in [0.1, 0.15) is 27.7 Å². The molecule has 0 fully saturated rings. The zero-order valence-electron chi connectivity index (χ0n) is 13.5. The summed E-state index contributed by atoms with van der Waals surface area (Å²) in [6.45, 7) is 7.77. The first-order chi connectivity index (χ1) is 10.3. The van der Waals surface area contributed by atoms with Gasteiger partial charge in [0.1, 0.15) is 5.75 Å². The zero-order valence-corrected chi connectivity index (χ0v) is 14.3. The molecule has 0 aliphatic heterocycles. The molecule has 0 aliphatic carbocycles. The van der Waals surface area contributed by atoms with Crippen molar-refractivity contribution in [2.24, 2.45) is 0 Å². The van der Waals surface area contributed by atoms with Gasteiger partial charge in [0.25, 0.3) is 0 Å². The Labute approximate surface area is 132 Å². The monoisotopic (exact) mass is 328 g/mol. The molecule has 0 heterocycles. The van der Waals surface area contributed by atoms with Gasteiger partial charge in [-0.2, -0.15) is 4.31 Å². The number of likely N-dealkylation sites (N-methyl/N-ethyl adjacent to an activating group) is 1. The van der Waals surface area contributed by atoms with E-state index in [0.29, 0.717) is 12.4 Å². The summed E-state index contributed by atoms with van der Waals surface area (Å²) in [7, 11) is -3.70. The summed E-state index contributed by atoms with van der Waals surface area (Å²) < 4.78 is 31.6. The van der Waals surface area contributed by atoms with Gasteiger partial charge in [0, 0.05) is 12.6 Å². The minimum Gasteiger partial charge on any atom is -0.494 e. The fourth-order valence-corrected chi connectivity index (χ4v) is 3.32. The molecular formula is C15H24N2O4S. The summed E-state index contributed by atoms with van der Waals surface area (Å²) in [5, 5.41) is 2.69. The molecule has 0 aromatic heterocycles. The molecule has 6 nitrogen and oxygen atoms in total. The van der Waals surface area contributed by atoms with Gasteiger partial charge in [0.2, 0.25) is 15.9 Å². The third kappa shape index (κ3) is 4.99. The average molecular weight is 328 g/mol. The fraction of sp³-hybridized carbons (Fsp3) is 0.533. The van der Waals surface area contributed by atoms with Crippen molar-refractivity contribution in [1.82, 2.24) is 9.62 Å². The molecule has 0 saturated heterocycles. The Kier molecular flexibility index (Phi) is 6.83. The van der Waals surface area contributed by atoms with E-state index in [0.717, 1.165) is 4.31 Å². The maximum atomic E-state index is 12.6. The predicted molar refractivity (Wildman–Crippen MR) is 85.3 cm³/mol. The lowest BCUT2D eigenvalue weighted by atomic mass is 10.3. The van der Waals surface area contributed by atoms with Gasteiger partial charge in [-0.05, 0) is 45.0 Å². The number of rotatable bonds is 8. The smallest absolute Gasteiger partial charge is 0.243 e. The van der Waals surface area contributed by atoms with Crippen LogP contribution in [-0.4, -0.2) is 44.4 Å². The zero-order chi connectivity index (χ0) is 16.8. The molecule has 0 radical (unpaired) electrons. The molecule has 1 amide bonds. The average Bonchev–Trinajstić information content (AvgIpc) is 2.44. The van der Waals surface area contributed by atoms with Crippen molar-refractivity contribution in [3.8, 4) is 5.75 Å². The van der Waals surface area contributed by atoms with E-state index in [4.69, 9.17) is 4.74 Å². The molecule has 1 aromatic carbocycles. The number of sulfonamides is 1. The van der Waals surface area contributed by atoms with Crippen molar-refractivity contribution < 1.29 is 17.9 Å². The highest BCUT2D eigenvalue weighted by atomic mass is 32.2. The molecule has 0 atom stereocenters. The number of carbonyl (C=O) groups is 1. The van der Waals surface area contributed by atoms with Crippen LogP contribution in [0.2, 0.25) is 0 Å². The summed E-state index contributed by atoms with van der Waals surface area (Å²) in [5.41, 5.74) is 0. The summed E-state index contributed by atoms with van der Waals surface area (Å²) in [4.78, 5) is 12.0. The topological polar surface area (TPSA) is 75.7 Å². The quantitative estimate of drug-likeness (QED) is 0.787. The van der Waals surface area contributed by atoms with Crippen LogP contribution in [0.15, 0.2) is 29.2 Å². The highest BCUT2D eigenvalue weighted by Crippen LogP contribution is 2.19. The van der Waals surface area contributed by atoms with Crippen LogP contribution < -0.4 is 10.1 Å². The highest BCUT2D eigenvalue weighted by Gasteiger charge is 2.25. The van der Waals surface area contributed by atoms with Crippen LogP contribution in [-0.2, 0) is 14.8 Å². The largest absolute Gasteiger partial charge is 0.494 e. The molecule has 1 rings (SSSR count). The van der Waals surface area contributed by atoms with Crippen molar-refractivity contribution >= 4 is 15.9 Å². The van der Waals surface area contributed by atoms with Gasteiger partial charge < -0.3 is 10.1 Å². The molecule has 0 unspecified atom stereocenters. The Bertz CT molecular complexity index is 582. The number of nitrogens with zero attached hydrogens (tertiary/aromatic N) is 1. The molecular weight excluding hydrogens is 304 g/mol. The van der Waals surface area contributed by atoms with Gasteiger partial charge in [0.15, 0.2) is 0 Å². The number of amides is 1. The Balaban J connectivity index is 2.91. The van der Waals surface area contributed by atoms with Gasteiger partial charge in [-0.25, -0.2) is 8.42 Å². The van der Waals surface area contributed by atoms with Gasteiger partial charge >= 0.3 is 0 Å². The van der Waals surface area contributed by atoms with E-state index >= 15 is 0 Å². The van der Waals surface area contributed by atoms with Crippen molar-refractivity contribution in [2.45, 2.75) is 38.6 Å². The van der Waals surface area contributed by atoms with Crippen molar-refractivity contribution in [3.63, 3.8) is 0 Å². The Morgan fingerprint density at radius 3 is 2.27 bits per heavy atom. The maximum Gasteiger partial charge on any atom is 0.243 e. The minimum absolute atomic E-state index is 0.0283. The van der Waals surface area contributed by atoms with Crippen LogP contribution in [0.4, 0.5) is 0 Å². The Morgan fingerprint density at radius 1 is 1.23 bits per heavy atom. The van der Waals surface area contributed by atoms with E-state index in [-0.39, 0.29) is 29.9 Å². The standard InChI is InChI=1S/C15H24N2O4S/c1-5-17(11-15(18)16-12(3)4)22(19,20)14-9-7-13(8-10-14)21-6-2/h7-10,12H,5-6,11H2,1-4H3,(H,16,18). The lowest BCUT2D eigenvalue weighted by Gasteiger charge is -2.21. The van der Waals surface area contributed by atoms with E-state index in [1.807, 2.05) is 20.8 Å². The molecule has 0 aliphatic rings.